The van der Waals surface area contributed by atoms with Gasteiger partial charge in [-0.2, -0.15) is 0 Å². The lowest BCUT2D eigenvalue weighted by atomic mass is 10.0. The zero-order chi connectivity index (χ0) is 15.3. The third-order valence-electron chi connectivity index (χ3n) is 3.50. The highest BCUT2D eigenvalue weighted by molar-refractivity contribution is 6.33. The molecular formula is C15H11ClN2O3. The van der Waals surface area contributed by atoms with Gasteiger partial charge in [0.05, 0.1) is 21.3 Å². The van der Waals surface area contributed by atoms with Crippen molar-refractivity contribution in [3.63, 3.8) is 0 Å². The number of pyridine rings is 1. The second-order valence-corrected chi connectivity index (χ2v) is 5.47. The van der Waals surface area contributed by atoms with E-state index in [0.717, 1.165) is 11.1 Å². The number of fused-ring (bicyclic) bond motifs is 2. The Balaban J connectivity index is 2.54. The molecule has 0 unspecified atom stereocenters. The maximum Gasteiger partial charge on any atom is 0.288 e. The molecule has 1 aromatic heterocycles. The van der Waals surface area contributed by atoms with Crippen LogP contribution in [0.3, 0.4) is 0 Å². The van der Waals surface area contributed by atoms with Gasteiger partial charge in [0.2, 0.25) is 0 Å². The Labute approximate surface area is 124 Å². The van der Waals surface area contributed by atoms with Crippen molar-refractivity contribution in [3.8, 4) is 0 Å². The molecule has 0 amide bonds. The van der Waals surface area contributed by atoms with Crippen LogP contribution in [0.25, 0.3) is 21.8 Å². The zero-order valence-electron chi connectivity index (χ0n) is 11.4. The summed E-state index contributed by atoms with van der Waals surface area (Å²) in [4.78, 5) is 26.1. The molecule has 0 aliphatic heterocycles. The molecule has 0 bridgehead atoms. The van der Waals surface area contributed by atoms with Gasteiger partial charge in [-0.05, 0) is 37.1 Å². The number of hydrogen-bond acceptors (Lipinski definition) is 3. The van der Waals surface area contributed by atoms with E-state index >= 15 is 0 Å². The molecule has 5 nitrogen and oxygen atoms in total. The zero-order valence-corrected chi connectivity index (χ0v) is 12.1. The van der Waals surface area contributed by atoms with Gasteiger partial charge >= 0.3 is 0 Å². The normalized spacial score (nSPS) is 11.2. The summed E-state index contributed by atoms with van der Waals surface area (Å²) in [6, 6.07) is 6.44. The first-order valence-corrected chi connectivity index (χ1v) is 6.67. The number of nitro benzene ring substituents is 1. The Bertz CT molecular complexity index is 976. The first-order chi connectivity index (χ1) is 9.88. The Morgan fingerprint density at radius 3 is 2.52 bits per heavy atom. The van der Waals surface area contributed by atoms with Gasteiger partial charge in [-0.1, -0.05) is 17.7 Å². The molecule has 0 aliphatic carbocycles. The number of aromatic amines is 1. The lowest BCUT2D eigenvalue weighted by Gasteiger charge is -2.07. The number of hydrogen-bond donors (Lipinski definition) is 1. The van der Waals surface area contributed by atoms with Crippen LogP contribution in [-0.4, -0.2) is 9.91 Å². The molecule has 3 rings (SSSR count). The molecule has 0 fully saturated rings. The fourth-order valence-corrected chi connectivity index (χ4v) is 2.87. The molecule has 0 saturated carbocycles. The summed E-state index contributed by atoms with van der Waals surface area (Å²) in [6.45, 7) is 3.79. The number of benzene rings is 2. The summed E-state index contributed by atoms with van der Waals surface area (Å²) in [6.07, 6.45) is 0. The van der Waals surface area contributed by atoms with Crippen molar-refractivity contribution in [1.29, 1.82) is 0 Å². The summed E-state index contributed by atoms with van der Waals surface area (Å²) in [5.74, 6) is 0. The molecule has 0 spiro atoms. The monoisotopic (exact) mass is 302 g/mol. The van der Waals surface area contributed by atoms with Crippen LogP contribution < -0.4 is 5.43 Å². The van der Waals surface area contributed by atoms with E-state index in [0.29, 0.717) is 16.4 Å². The van der Waals surface area contributed by atoms with Crippen molar-refractivity contribution in [2.45, 2.75) is 13.8 Å². The Morgan fingerprint density at radius 1 is 1.14 bits per heavy atom. The topological polar surface area (TPSA) is 76.0 Å². The Hall–Kier alpha value is -2.40. The number of rotatable bonds is 1. The van der Waals surface area contributed by atoms with Crippen molar-refractivity contribution < 1.29 is 4.92 Å². The highest BCUT2D eigenvalue weighted by atomic mass is 35.5. The first kappa shape index (κ1) is 13.6. The van der Waals surface area contributed by atoms with Crippen molar-refractivity contribution in [1.82, 2.24) is 4.98 Å². The Morgan fingerprint density at radius 2 is 1.86 bits per heavy atom. The highest BCUT2D eigenvalue weighted by Crippen LogP contribution is 2.29. The van der Waals surface area contributed by atoms with Crippen LogP contribution in [0.2, 0.25) is 5.02 Å². The summed E-state index contributed by atoms with van der Waals surface area (Å²) in [7, 11) is 0. The lowest BCUT2D eigenvalue weighted by molar-refractivity contribution is -0.384. The van der Waals surface area contributed by atoms with Crippen molar-refractivity contribution in [2.75, 3.05) is 0 Å². The van der Waals surface area contributed by atoms with E-state index in [1.807, 2.05) is 26.0 Å². The van der Waals surface area contributed by atoms with Gasteiger partial charge in [0.15, 0.2) is 5.43 Å². The maximum atomic E-state index is 12.6. The van der Waals surface area contributed by atoms with Crippen LogP contribution in [-0.2, 0) is 0 Å². The average molecular weight is 303 g/mol. The van der Waals surface area contributed by atoms with E-state index in [4.69, 9.17) is 11.6 Å². The number of halogens is 1. The van der Waals surface area contributed by atoms with Crippen molar-refractivity contribution >= 4 is 39.1 Å². The molecule has 2 aromatic carbocycles. The molecule has 1 N–H and O–H groups in total. The predicted octanol–water partition coefficient (Wildman–Crippen LogP) is 3.86. The summed E-state index contributed by atoms with van der Waals surface area (Å²) in [5.41, 5.74) is 2.58. The standard InChI is InChI=1S/C15H11ClN2O3/c1-7-3-8(2)14-12(4-7)17-11-6-10(16)13(18(20)21)5-9(11)15(14)19/h3-6H,1-2H3,(H,17,19). The number of nitrogens with one attached hydrogen (secondary N) is 1. The summed E-state index contributed by atoms with van der Waals surface area (Å²) < 4.78 is 0. The molecule has 0 saturated heterocycles. The third kappa shape index (κ3) is 2.06. The molecule has 21 heavy (non-hydrogen) atoms. The van der Waals surface area contributed by atoms with Gasteiger partial charge < -0.3 is 4.98 Å². The van der Waals surface area contributed by atoms with E-state index < -0.39 is 4.92 Å². The lowest BCUT2D eigenvalue weighted by Crippen LogP contribution is -2.07. The molecule has 106 valence electrons. The minimum absolute atomic E-state index is 0.00637. The molecule has 3 aromatic rings. The SMILES string of the molecule is Cc1cc(C)c2c(=O)c3cc([N+](=O)[O-])c(Cl)cc3[nH]c2c1. The van der Waals surface area contributed by atoms with Crippen LogP contribution in [0.4, 0.5) is 5.69 Å². The molecule has 0 aliphatic rings. The first-order valence-electron chi connectivity index (χ1n) is 6.29. The molecule has 0 atom stereocenters. The number of nitro groups is 1. The van der Waals surface area contributed by atoms with Gasteiger partial charge in [-0.3, -0.25) is 14.9 Å². The van der Waals surface area contributed by atoms with Gasteiger partial charge in [0.25, 0.3) is 5.69 Å². The minimum atomic E-state index is -0.590. The largest absolute Gasteiger partial charge is 0.354 e. The number of aryl methyl sites for hydroxylation is 2. The van der Waals surface area contributed by atoms with Crippen LogP contribution in [0.5, 0.6) is 0 Å². The van der Waals surface area contributed by atoms with E-state index in [1.165, 1.54) is 12.1 Å². The Kier molecular flexibility index (Phi) is 2.95. The van der Waals surface area contributed by atoms with Crippen LogP contribution in [0.15, 0.2) is 29.1 Å². The summed E-state index contributed by atoms with van der Waals surface area (Å²) in [5, 5.41) is 11.8. The highest BCUT2D eigenvalue weighted by Gasteiger charge is 2.17. The number of nitrogens with zero attached hydrogens (tertiary/aromatic N) is 1. The van der Waals surface area contributed by atoms with Crippen LogP contribution >= 0.6 is 11.6 Å². The van der Waals surface area contributed by atoms with Crippen LogP contribution in [0, 0.1) is 24.0 Å². The molecule has 6 heteroatoms. The van der Waals surface area contributed by atoms with E-state index in [9.17, 15) is 14.9 Å². The maximum absolute atomic E-state index is 12.6. The fraction of sp³-hybridized carbons (Fsp3) is 0.133. The number of H-pyrrole nitrogens is 1. The predicted molar refractivity (Wildman–Crippen MR) is 83.2 cm³/mol. The smallest absolute Gasteiger partial charge is 0.288 e. The quantitative estimate of drug-likeness (QED) is 0.421. The number of aromatic nitrogens is 1. The van der Waals surface area contributed by atoms with Gasteiger partial charge in [-0.15, -0.1) is 0 Å². The van der Waals surface area contributed by atoms with Gasteiger partial charge in [0, 0.05) is 11.5 Å². The van der Waals surface area contributed by atoms with Crippen LogP contribution in [0.1, 0.15) is 11.1 Å². The second kappa shape index (κ2) is 4.56. The average Bonchev–Trinajstić information content (AvgIpc) is 2.36. The fourth-order valence-electron chi connectivity index (χ4n) is 2.64. The van der Waals surface area contributed by atoms with E-state index in [2.05, 4.69) is 4.98 Å². The van der Waals surface area contributed by atoms with E-state index in [-0.39, 0.29) is 21.5 Å². The third-order valence-corrected chi connectivity index (χ3v) is 3.81. The van der Waals surface area contributed by atoms with E-state index in [1.54, 1.807) is 0 Å². The molecule has 0 radical (unpaired) electrons. The van der Waals surface area contributed by atoms with Gasteiger partial charge in [-0.25, -0.2) is 0 Å². The van der Waals surface area contributed by atoms with Crippen molar-refractivity contribution in [2.24, 2.45) is 0 Å². The van der Waals surface area contributed by atoms with Crippen molar-refractivity contribution in [3.05, 3.63) is 60.8 Å². The molecular weight excluding hydrogens is 292 g/mol. The second-order valence-electron chi connectivity index (χ2n) is 5.06. The minimum Gasteiger partial charge on any atom is -0.354 e. The molecule has 1 heterocycles. The van der Waals surface area contributed by atoms with Gasteiger partial charge in [0.1, 0.15) is 5.02 Å². The summed E-state index contributed by atoms with van der Waals surface area (Å²) >= 11 is 5.90.